The van der Waals surface area contributed by atoms with Gasteiger partial charge in [-0.2, -0.15) is 13.2 Å². The normalized spacial score (nSPS) is 11.5. The van der Waals surface area contributed by atoms with Gasteiger partial charge in [0, 0.05) is 7.05 Å². The van der Waals surface area contributed by atoms with Crippen LogP contribution in [0.5, 0.6) is 0 Å². The Morgan fingerprint density at radius 3 is 2.57 bits per heavy atom. The molecule has 0 spiro atoms. The van der Waals surface area contributed by atoms with Gasteiger partial charge in [0.05, 0.1) is 11.4 Å². The molecular formula is C12H11F3N4O3S. The van der Waals surface area contributed by atoms with Gasteiger partial charge in [-0.3, -0.25) is 9.48 Å². The predicted molar refractivity (Wildman–Crippen MR) is 73.2 cm³/mol. The first-order valence-electron chi connectivity index (χ1n) is 6.18. The van der Waals surface area contributed by atoms with Gasteiger partial charge < -0.3 is 10.4 Å². The average Bonchev–Trinajstić information content (AvgIpc) is 2.99. The molecule has 0 aromatic carbocycles. The Bertz CT molecular complexity index is 766. The molecule has 0 bridgehead atoms. The second-order valence-electron chi connectivity index (χ2n) is 4.58. The molecule has 0 atom stereocenters. The Balaban J connectivity index is 2.09. The minimum absolute atomic E-state index is 0.0353. The number of halogens is 3. The highest BCUT2D eigenvalue weighted by Gasteiger charge is 2.36. The third-order valence-electron chi connectivity index (χ3n) is 2.85. The maximum absolute atomic E-state index is 12.5. The summed E-state index contributed by atoms with van der Waals surface area (Å²) in [4.78, 5) is 26.4. The fourth-order valence-electron chi connectivity index (χ4n) is 1.74. The van der Waals surface area contributed by atoms with Crippen LogP contribution in [0, 0.1) is 6.92 Å². The van der Waals surface area contributed by atoms with Crippen LogP contribution in [-0.4, -0.2) is 31.7 Å². The van der Waals surface area contributed by atoms with Crippen LogP contribution in [0.3, 0.4) is 0 Å². The number of aromatic nitrogens is 3. The van der Waals surface area contributed by atoms with Crippen molar-refractivity contribution in [3.8, 4) is 0 Å². The first-order valence-corrected chi connectivity index (χ1v) is 7.00. The number of carboxylic acid groups (broad SMARTS) is 1. The molecule has 2 N–H and O–H groups in total. The van der Waals surface area contributed by atoms with E-state index in [0.29, 0.717) is 5.56 Å². The van der Waals surface area contributed by atoms with Crippen molar-refractivity contribution in [2.45, 2.75) is 19.6 Å². The van der Waals surface area contributed by atoms with E-state index in [-0.39, 0.29) is 22.1 Å². The number of carboxylic acids is 1. The molecule has 1 amide bonds. The van der Waals surface area contributed by atoms with Crippen molar-refractivity contribution in [2.24, 2.45) is 7.05 Å². The highest BCUT2D eigenvalue weighted by atomic mass is 32.1. The van der Waals surface area contributed by atoms with Crippen molar-refractivity contribution in [2.75, 3.05) is 0 Å². The van der Waals surface area contributed by atoms with Gasteiger partial charge in [-0.25, -0.2) is 9.78 Å². The minimum Gasteiger partial charge on any atom is -0.477 e. The number of aromatic carboxylic acids is 1. The minimum atomic E-state index is -4.67. The summed E-state index contributed by atoms with van der Waals surface area (Å²) in [6.07, 6.45) is -4.67. The Kier molecular flexibility index (Phi) is 4.41. The number of hydrogen-bond acceptors (Lipinski definition) is 5. The molecule has 124 valence electrons. The summed E-state index contributed by atoms with van der Waals surface area (Å²) in [5, 5.41) is 14.6. The lowest BCUT2D eigenvalue weighted by Gasteiger charge is -2.02. The fraction of sp³-hybridized carbons (Fsp3) is 0.333. The molecule has 0 saturated carbocycles. The third-order valence-corrected chi connectivity index (χ3v) is 4.07. The predicted octanol–water partition coefficient (Wildman–Crippen LogP) is 1.83. The molecule has 0 aliphatic rings. The largest absolute Gasteiger partial charge is 0.477 e. The van der Waals surface area contributed by atoms with E-state index in [2.05, 4.69) is 15.4 Å². The molecule has 0 unspecified atom stereocenters. The smallest absolute Gasteiger partial charge is 0.453 e. The highest BCUT2D eigenvalue weighted by molar-refractivity contribution is 7.16. The van der Waals surface area contributed by atoms with Crippen molar-refractivity contribution < 1.29 is 27.9 Å². The van der Waals surface area contributed by atoms with Crippen LogP contribution < -0.4 is 5.32 Å². The third kappa shape index (κ3) is 3.67. The SMILES string of the molecule is Cc1cc(C(=O)NCc2nc(C(F)(F)F)nn2C)sc1C(=O)O. The fourth-order valence-corrected chi connectivity index (χ4v) is 2.67. The van der Waals surface area contributed by atoms with Crippen molar-refractivity contribution in [3.05, 3.63) is 33.0 Å². The summed E-state index contributed by atoms with van der Waals surface area (Å²) in [6.45, 7) is 1.28. The monoisotopic (exact) mass is 348 g/mol. The quantitative estimate of drug-likeness (QED) is 0.879. The van der Waals surface area contributed by atoms with Crippen LogP contribution in [0.4, 0.5) is 13.2 Å². The van der Waals surface area contributed by atoms with E-state index >= 15 is 0 Å². The maximum Gasteiger partial charge on any atom is 0.453 e. The van der Waals surface area contributed by atoms with E-state index < -0.39 is 23.9 Å². The Morgan fingerprint density at radius 2 is 2.09 bits per heavy atom. The number of amides is 1. The second kappa shape index (κ2) is 5.99. The van der Waals surface area contributed by atoms with Crippen LogP contribution in [0.25, 0.3) is 0 Å². The molecule has 23 heavy (non-hydrogen) atoms. The number of thiophene rings is 1. The zero-order valence-corrected chi connectivity index (χ0v) is 12.7. The Hall–Kier alpha value is -2.43. The number of nitrogens with zero attached hydrogens (tertiary/aromatic N) is 3. The molecule has 2 heterocycles. The molecule has 11 heteroatoms. The van der Waals surface area contributed by atoms with E-state index in [0.717, 1.165) is 16.0 Å². The molecule has 0 fully saturated rings. The van der Waals surface area contributed by atoms with Crippen LogP contribution in [-0.2, 0) is 19.8 Å². The van der Waals surface area contributed by atoms with E-state index in [4.69, 9.17) is 5.11 Å². The van der Waals surface area contributed by atoms with Crippen molar-refractivity contribution in [1.29, 1.82) is 0 Å². The number of hydrogen-bond donors (Lipinski definition) is 2. The summed E-state index contributed by atoms with van der Waals surface area (Å²) in [5.74, 6) is -3.10. The molecule has 2 aromatic rings. The van der Waals surface area contributed by atoms with Gasteiger partial charge in [-0.1, -0.05) is 0 Å². The zero-order chi connectivity index (χ0) is 17.4. The number of carbonyl (C=O) groups is 2. The van der Waals surface area contributed by atoms with Gasteiger partial charge in [0.2, 0.25) is 0 Å². The van der Waals surface area contributed by atoms with E-state index in [1.807, 2.05) is 0 Å². The molecule has 2 rings (SSSR count). The summed E-state index contributed by atoms with van der Waals surface area (Å²) < 4.78 is 38.4. The lowest BCUT2D eigenvalue weighted by Crippen LogP contribution is -2.23. The highest BCUT2D eigenvalue weighted by Crippen LogP contribution is 2.26. The second-order valence-corrected chi connectivity index (χ2v) is 5.64. The zero-order valence-electron chi connectivity index (χ0n) is 11.9. The molecule has 7 nitrogen and oxygen atoms in total. The molecule has 2 aromatic heterocycles. The lowest BCUT2D eigenvalue weighted by atomic mass is 10.2. The maximum atomic E-state index is 12.5. The lowest BCUT2D eigenvalue weighted by molar-refractivity contribution is -0.145. The van der Waals surface area contributed by atoms with Gasteiger partial charge >= 0.3 is 12.1 Å². The number of aryl methyl sites for hydroxylation is 2. The van der Waals surface area contributed by atoms with Crippen molar-refractivity contribution in [1.82, 2.24) is 20.1 Å². The van der Waals surface area contributed by atoms with Crippen LogP contribution >= 0.6 is 11.3 Å². The van der Waals surface area contributed by atoms with Crippen LogP contribution in [0.1, 0.15) is 36.6 Å². The average molecular weight is 348 g/mol. The number of alkyl halides is 3. The van der Waals surface area contributed by atoms with Gasteiger partial charge in [-0.05, 0) is 18.6 Å². The van der Waals surface area contributed by atoms with Gasteiger partial charge in [0.25, 0.3) is 11.7 Å². The van der Waals surface area contributed by atoms with E-state index in [9.17, 15) is 22.8 Å². The summed E-state index contributed by atoms with van der Waals surface area (Å²) >= 11 is 0.790. The number of rotatable bonds is 4. The van der Waals surface area contributed by atoms with Crippen LogP contribution in [0.2, 0.25) is 0 Å². The molecular weight excluding hydrogens is 337 g/mol. The van der Waals surface area contributed by atoms with Gasteiger partial charge in [-0.15, -0.1) is 16.4 Å². The molecule has 0 aliphatic carbocycles. The van der Waals surface area contributed by atoms with E-state index in [1.54, 1.807) is 6.92 Å². The first-order chi connectivity index (χ1) is 10.6. The summed E-state index contributed by atoms with van der Waals surface area (Å²) in [6, 6.07) is 1.40. The van der Waals surface area contributed by atoms with Crippen LogP contribution in [0.15, 0.2) is 6.07 Å². The standard InChI is InChI=1S/C12H11F3N4O3S/c1-5-3-6(23-8(5)10(21)22)9(20)16-4-7-17-11(12(13,14)15)18-19(7)2/h3H,4H2,1-2H3,(H,16,20)(H,21,22). The first kappa shape index (κ1) is 16.9. The topological polar surface area (TPSA) is 97.1 Å². The van der Waals surface area contributed by atoms with Gasteiger partial charge in [0.15, 0.2) is 0 Å². The summed E-state index contributed by atoms with van der Waals surface area (Å²) in [5.41, 5.74) is 0.436. The van der Waals surface area contributed by atoms with E-state index in [1.165, 1.54) is 13.1 Å². The number of carbonyl (C=O) groups excluding carboxylic acids is 1. The van der Waals surface area contributed by atoms with Crippen molar-refractivity contribution >= 4 is 23.2 Å². The molecule has 0 radical (unpaired) electrons. The molecule has 0 saturated heterocycles. The Morgan fingerprint density at radius 1 is 1.43 bits per heavy atom. The Labute approximate surface area is 131 Å². The van der Waals surface area contributed by atoms with Crippen molar-refractivity contribution in [3.63, 3.8) is 0 Å². The summed E-state index contributed by atoms with van der Waals surface area (Å²) in [7, 11) is 1.28. The molecule has 0 aliphatic heterocycles. The number of nitrogens with one attached hydrogen (secondary N) is 1. The van der Waals surface area contributed by atoms with Gasteiger partial charge in [0.1, 0.15) is 10.7 Å².